The predicted molar refractivity (Wildman–Crippen MR) is 52.3 cm³/mol. The minimum atomic E-state index is -3.47. The molecule has 1 aromatic carbocycles. The number of halogens is 3. The van der Waals surface area contributed by atoms with E-state index in [4.69, 9.17) is 5.11 Å². The molecule has 0 aromatic heterocycles. The van der Waals surface area contributed by atoms with Crippen molar-refractivity contribution in [1.82, 2.24) is 0 Å². The molecule has 1 aromatic rings. The second-order valence-electron chi connectivity index (χ2n) is 3.21. The molecule has 104 valence electrons. The minimum Gasteiger partial charge on any atom is -0.479 e. The summed E-state index contributed by atoms with van der Waals surface area (Å²) in [6.07, 6.45) is -2.50. The van der Waals surface area contributed by atoms with Gasteiger partial charge in [0.2, 0.25) is 0 Å². The Morgan fingerprint density at radius 1 is 1.42 bits per heavy atom. The lowest BCUT2D eigenvalue weighted by Gasteiger charge is -2.13. The number of rotatable bonds is 5. The van der Waals surface area contributed by atoms with Crippen LogP contribution in [0.5, 0.6) is 5.75 Å². The first kappa shape index (κ1) is 14.7. The average molecular weight is 281 g/mol. The van der Waals surface area contributed by atoms with Crippen molar-refractivity contribution < 1.29 is 37.8 Å². The normalized spacial score (nSPS) is 12.3. The molecule has 10 heteroatoms. The van der Waals surface area contributed by atoms with E-state index in [0.717, 1.165) is 0 Å². The number of aliphatic hydroxyl groups is 1. The van der Waals surface area contributed by atoms with Crippen LogP contribution in [0.2, 0.25) is 0 Å². The lowest BCUT2D eigenvalue weighted by Crippen LogP contribution is -2.16. The number of benzene rings is 1. The fourth-order valence-electron chi connectivity index (χ4n) is 1.32. The molecule has 0 saturated heterocycles. The second kappa shape index (κ2) is 5.52. The van der Waals surface area contributed by atoms with Crippen molar-refractivity contribution in [3.8, 4) is 5.75 Å². The quantitative estimate of drug-likeness (QED) is 0.624. The Labute approximate surface area is 103 Å². The smallest absolute Gasteiger partial charge is 0.387 e. The summed E-state index contributed by atoms with van der Waals surface area (Å²) >= 11 is 0. The average Bonchev–Trinajstić information content (AvgIpc) is 2.26. The molecule has 0 amide bonds. The molecule has 0 fully saturated rings. The van der Waals surface area contributed by atoms with Gasteiger partial charge in [-0.3, -0.25) is 10.1 Å². The van der Waals surface area contributed by atoms with Crippen molar-refractivity contribution in [1.29, 1.82) is 0 Å². The molecule has 1 rings (SSSR count). The molecule has 0 spiro atoms. The molecule has 7 nitrogen and oxygen atoms in total. The summed E-state index contributed by atoms with van der Waals surface area (Å²) < 4.78 is 41.0. The molecule has 0 aliphatic carbocycles. The van der Waals surface area contributed by atoms with Crippen molar-refractivity contribution in [2.45, 2.75) is 12.7 Å². The highest BCUT2D eigenvalue weighted by Crippen LogP contribution is 2.36. The maximum absolute atomic E-state index is 13.0. The lowest BCUT2D eigenvalue weighted by atomic mass is 10.1. The van der Waals surface area contributed by atoms with Gasteiger partial charge in [-0.25, -0.2) is 9.18 Å². The number of carboxylic acids is 1. The first-order valence-electron chi connectivity index (χ1n) is 4.57. The number of nitrogens with zero attached hydrogens (tertiary/aromatic N) is 1. The van der Waals surface area contributed by atoms with E-state index in [0.29, 0.717) is 12.1 Å². The van der Waals surface area contributed by atoms with E-state index in [1.165, 1.54) is 0 Å². The zero-order valence-electron chi connectivity index (χ0n) is 8.92. The van der Waals surface area contributed by atoms with Gasteiger partial charge in [0, 0.05) is 6.07 Å². The Kier molecular flexibility index (Phi) is 4.27. The maximum atomic E-state index is 13.0. The zero-order chi connectivity index (χ0) is 14.7. The van der Waals surface area contributed by atoms with Gasteiger partial charge in [-0.15, -0.1) is 0 Å². The number of alkyl halides is 2. The van der Waals surface area contributed by atoms with E-state index in [2.05, 4.69) is 4.74 Å². The van der Waals surface area contributed by atoms with E-state index < -0.39 is 46.4 Å². The summed E-state index contributed by atoms with van der Waals surface area (Å²) in [5, 5.41) is 28.5. The Morgan fingerprint density at radius 2 is 2.00 bits per heavy atom. The van der Waals surface area contributed by atoms with Crippen LogP contribution < -0.4 is 4.74 Å². The molecule has 1 unspecified atom stereocenters. The highest BCUT2D eigenvalue weighted by molar-refractivity contribution is 5.77. The number of hydrogen-bond donors (Lipinski definition) is 2. The summed E-state index contributed by atoms with van der Waals surface area (Å²) in [6.45, 7) is -3.47. The third-order valence-corrected chi connectivity index (χ3v) is 2.01. The Morgan fingerprint density at radius 3 is 2.42 bits per heavy atom. The van der Waals surface area contributed by atoms with Crippen LogP contribution >= 0.6 is 0 Å². The fraction of sp³-hybridized carbons (Fsp3) is 0.222. The SMILES string of the molecule is O=C(O)C(O)c1c(OC(F)F)cc(F)cc1[N+](=O)[O-]. The molecule has 19 heavy (non-hydrogen) atoms. The highest BCUT2D eigenvalue weighted by atomic mass is 19.3. The Bertz CT molecular complexity index is 521. The Hall–Kier alpha value is -2.36. The highest BCUT2D eigenvalue weighted by Gasteiger charge is 2.32. The molecular formula is C9H6F3NO6. The maximum Gasteiger partial charge on any atom is 0.387 e. The van der Waals surface area contributed by atoms with Crippen molar-refractivity contribution in [3.63, 3.8) is 0 Å². The first-order valence-corrected chi connectivity index (χ1v) is 4.57. The van der Waals surface area contributed by atoms with Gasteiger partial charge in [0.15, 0.2) is 6.10 Å². The summed E-state index contributed by atoms with van der Waals surface area (Å²) in [5.74, 6) is -4.34. The number of carbonyl (C=O) groups is 1. The zero-order valence-corrected chi connectivity index (χ0v) is 8.92. The third-order valence-electron chi connectivity index (χ3n) is 2.01. The number of ether oxygens (including phenoxy) is 1. The predicted octanol–water partition coefficient (Wildman–Crippen LogP) is 1.45. The van der Waals surface area contributed by atoms with Gasteiger partial charge in [0.05, 0.1) is 11.0 Å². The number of carboxylic acid groups (broad SMARTS) is 1. The van der Waals surface area contributed by atoms with E-state index in [-0.39, 0.29) is 0 Å². The second-order valence-corrected chi connectivity index (χ2v) is 3.21. The summed E-state index contributed by atoms with van der Waals surface area (Å²) in [7, 11) is 0. The fourth-order valence-corrected chi connectivity index (χ4v) is 1.32. The van der Waals surface area contributed by atoms with Crippen LogP contribution in [-0.2, 0) is 4.79 Å². The van der Waals surface area contributed by atoms with Gasteiger partial charge >= 0.3 is 12.6 Å². The Balaban J connectivity index is 3.51. The molecule has 0 aliphatic rings. The molecule has 0 radical (unpaired) electrons. The number of nitro benzene ring substituents is 1. The molecule has 0 bridgehead atoms. The summed E-state index contributed by atoms with van der Waals surface area (Å²) in [5.41, 5.74) is -2.23. The first-order chi connectivity index (χ1) is 8.73. The van der Waals surface area contributed by atoms with Gasteiger partial charge in [-0.1, -0.05) is 0 Å². The molecular weight excluding hydrogens is 275 g/mol. The molecule has 1 atom stereocenters. The largest absolute Gasteiger partial charge is 0.479 e. The van der Waals surface area contributed by atoms with E-state index in [9.17, 15) is 33.2 Å². The number of aliphatic carboxylic acids is 1. The van der Waals surface area contributed by atoms with Gasteiger partial charge in [0.25, 0.3) is 5.69 Å². The summed E-state index contributed by atoms with van der Waals surface area (Å²) in [4.78, 5) is 20.0. The van der Waals surface area contributed by atoms with Crippen LogP contribution in [0.3, 0.4) is 0 Å². The standard InChI is InChI=1S/C9H6F3NO6/c10-3-1-4(13(17)18)6(7(14)8(15)16)5(2-3)19-9(11)12/h1-2,7,9,14H,(H,15,16). The van der Waals surface area contributed by atoms with Crippen molar-refractivity contribution in [3.05, 3.63) is 33.6 Å². The van der Waals surface area contributed by atoms with E-state index in [1.807, 2.05) is 0 Å². The lowest BCUT2D eigenvalue weighted by molar-refractivity contribution is -0.386. The number of nitro groups is 1. The van der Waals surface area contributed by atoms with Crippen LogP contribution in [0.4, 0.5) is 18.9 Å². The minimum absolute atomic E-state index is 0.291. The van der Waals surface area contributed by atoms with Crippen LogP contribution in [0.1, 0.15) is 11.7 Å². The van der Waals surface area contributed by atoms with Gasteiger partial charge in [-0.05, 0) is 0 Å². The number of hydrogen-bond acceptors (Lipinski definition) is 5. The van der Waals surface area contributed by atoms with E-state index >= 15 is 0 Å². The molecule has 2 N–H and O–H groups in total. The molecule has 0 aliphatic heterocycles. The van der Waals surface area contributed by atoms with Gasteiger partial charge in [0.1, 0.15) is 17.1 Å². The number of aliphatic hydroxyl groups excluding tert-OH is 1. The third kappa shape index (κ3) is 3.31. The van der Waals surface area contributed by atoms with E-state index in [1.54, 1.807) is 0 Å². The van der Waals surface area contributed by atoms with Crippen LogP contribution in [0.25, 0.3) is 0 Å². The van der Waals surface area contributed by atoms with Crippen molar-refractivity contribution in [2.24, 2.45) is 0 Å². The summed E-state index contributed by atoms with van der Waals surface area (Å²) in [6, 6.07) is 0.612. The van der Waals surface area contributed by atoms with Crippen molar-refractivity contribution in [2.75, 3.05) is 0 Å². The van der Waals surface area contributed by atoms with Gasteiger partial charge < -0.3 is 14.9 Å². The molecule has 0 saturated carbocycles. The van der Waals surface area contributed by atoms with Crippen LogP contribution in [-0.4, -0.2) is 27.7 Å². The monoisotopic (exact) mass is 281 g/mol. The molecule has 0 heterocycles. The van der Waals surface area contributed by atoms with Crippen LogP contribution in [0.15, 0.2) is 12.1 Å². The topological polar surface area (TPSA) is 110 Å². The van der Waals surface area contributed by atoms with Gasteiger partial charge in [-0.2, -0.15) is 8.78 Å². The van der Waals surface area contributed by atoms with Crippen molar-refractivity contribution >= 4 is 11.7 Å². The van der Waals surface area contributed by atoms with Crippen LogP contribution in [0, 0.1) is 15.9 Å².